The Hall–Kier alpha value is -0.710. The van der Waals surface area contributed by atoms with Crippen molar-refractivity contribution in [3.63, 3.8) is 0 Å². The van der Waals surface area contributed by atoms with Gasteiger partial charge in [-0.05, 0) is 19.3 Å². The van der Waals surface area contributed by atoms with Crippen LogP contribution in [0.3, 0.4) is 0 Å². The van der Waals surface area contributed by atoms with Crippen LogP contribution >= 0.6 is 0 Å². The van der Waals surface area contributed by atoms with Gasteiger partial charge in [0.2, 0.25) is 20.0 Å². The van der Waals surface area contributed by atoms with E-state index in [2.05, 4.69) is 0 Å². The summed E-state index contributed by atoms with van der Waals surface area (Å²) in [6, 6.07) is -0.189. The Balaban J connectivity index is 2.54. The number of carboxylic acids is 1. The lowest BCUT2D eigenvalue weighted by molar-refractivity contribution is -0.137. The highest BCUT2D eigenvalue weighted by atomic mass is 32.2. The van der Waals surface area contributed by atoms with Crippen LogP contribution in [0.2, 0.25) is 0 Å². The van der Waals surface area contributed by atoms with Crippen molar-refractivity contribution in [3.8, 4) is 0 Å². The molecule has 1 heterocycles. The van der Waals surface area contributed by atoms with E-state index in [1.54, 1.807) is 0 Å². The van der Waals surface area contributed by atoms with Gasteiger partial charge in [0.1, 0.15) is 0 Å². The van der Waals surface area contributed by atoms with Gasteiger partial charge < -0.3 is 5.11 Å². The highest BCUT2D eigenvalue weighted by molar-refractivity contribution is 7.89. The van der Waals surface area contributed by atoms with E-state index in [-0.39, 0.29) is 37.7 Å². The molecule has 1 rings (SSSR count). The molecule has 1 fully saturated rings. The zero-order valence-electron chi connectivity index (χ0n) is 12.2. The van der Waals surface area contributed by atoms with Crippen LogP contribution in [0.25, 0.3) is 0 Å². The Morgan fingerprint density at radius 3 is 2.19 bits per heavy atom. The summed E-state index contributed by atoms with van der Waals surface area (Å²) in [6.07, 6.45) is 1.93. The quantitative estimate of drug-likeness (QED) is 0.670. The summed E-state index contributed by atoms with van der Waals surface area (Å²) < 4.78 is 49.6. The molecule has 0 radical (unpaired) electrons. The number of piperidine rings is 1. The summed E-state index contributed by atoms with van der Waals surface area (Å²) >= 11 is 0. The minimum absolute atomic E-state index is 0.0842. The molecule has 0 atom stereocenters. The molecule has 0 amide bonds. The fraction of sp³-hybridized carbons (Fsp3) is 0.909. The largest absolute Gasteiger partial charge is 0.481 e. The first-order valence-corrected chi connectivity index (χ1v) is 10.1. The van der Waals surface area contributed by atoms with Crippen LogP contribution in [-0.2, 0) is 24.8 Å². The molecular weight excluding hydrogens is 320 g/mol. The fourth-order valence-electron chi connectivity index (χ4n) is 2.29. The van der Waals surface area contributed by atoms with Crippen LogP contribution in [-0.4, -0.2) is 74.7 Å². The smallest absolute Gasteiger partial charge is 0.303 e. The maximum Gasteiger partial charge on any atom is 0.303 e. The number of hydrogen-bond donors (Lipinski definition) is 1. The van der Waals surface area contributed by atoms with Gasteiger partial charge in [0, 0.05) is 32.6 Å². The monoisotopic (exact) mass is 342 g/mol. The maximum absolute atomic E-state index is 12.0. The summed E-state index contributed by atoms with van der Waals surface area (Å²) in [6.45, 7) is 0.528. The molecule has 0 aliphatic carbocycles. The predicted octanol–water partition coefficient (Wildman–Crippen LogP) is -0.463. The molecule has 1 aliphatic heterocycles. The molecule has 21 heavy (non-hydrogen) atoms. The van der Waals surface area contributed by atoms with Gasteiger partial charge in [-0.1, -0.05) is 0 Å². The fourth-order valence-corrected chi connectivity index (χ4v) is 4.58. The van der Waals surface area contributed by atoms with E-state index in [1.807, 2.05) is 0 Å². The SMILES string of the molecule is CN(C1CCN(S(=O)(=O)CCCC(=O)O)CC1)S(C)(=O)=O. The number of aliphatic carboxylic acids is 1. The van der Waals surface area contributed by atoms with E-state index >= 15 is 0 Å². The number of nitrogens with zero attached hydrogens (tertiary/aromatic N) is 2. The van der Waals surface area contributed by atoms with Crippen molar-refractivity contribution in [3.05, 3.63) is 0 Å². The molecule has 8 nitrogen and oxygen atoms in total. The summed E-state index contributed by atoms with van der Waals surface area (Å²) in [5.41, 5.74) is 0. The van der Waals surface area contributed by atoms with Crippen molar-refractivity contribution >= 4 is 26.0 Å². The maximum atomic E-state index is 12.0. The van der Waals surface area contributed by atoms with Gasteiger partial charge in [-0.15, -0.1) is 0 Å². The Kier molecular flexibility index (Phi) is 6.14. The number of carbonyl (C=O) groups is 1. The van der Waals surface area contributed by atoms with Gasteiger partial charge in [0.15, 0.2) is 0 Å². The summed E-state index contributed by atoms with van der Waals surface area (Å²) in [4.78, 5) is 10.4. The normalized spacial score (nSPS) is 19.0. The van der Waals surface area contributed by atoms with Crippen molar-refractivity contribution in [2.24, 2.45) is 0 Å². The van der Waals surface area contributed by atoms with Crippen molar-refractivity contribution in [1.82, 2.24) is 8.61 Å². The lowest BCUT2D eigenvalue weighted by Crippen LogP contribution is -2.47. The standard InChI is InChI=1S/C11H22N2O6S2/c1-12(20(2,16)17)10-5-7-13(8-6-10)21(18,19)9-3-4-11(14)15/h10H,3-9H2,1-2H3,(H,14,15). The van der Waals surface area contributed by atoms with Gasteiger partial charge in [0.25, 0.3) is 0 Å². The topological polar surface area (TPSA) is 112 Å². The van der Waals surface area contributed by atoms with E-state index < -0.39 is 26.0 Å². The third-order valence-corrected chi connectivity index (χ3v) is 6.95. The van der Waals surface area contributed by atoms with Crippen LogP contribution in [0.4, 0.5) is 0 Å². The molecule has 0 aromatic heterocycles. The first kappa shape index (κ1) is 18.3. The summed E-state index contributed by atoms with van der Waals surface area (Å²) in [7, 11) is -5.24. The van der Waals surface area contributed by atoms with E-state index in [1.165, 1.54) is 15.7 Å². The number of sulfonamides is 2. The predicted molar refractivity (Wildman–Crippen MR) is 77.9 cm³/mol. The second-order valence-corrected chi connectivity index (χ2v) is 9.35. The lowest BCUT2D eigenvalue weighted by atomic mass is 10.1. The highest BCUT2D eigenvalue weighted by Crippen LogP contribution is 2.20. The summed E-state index contributed by atoms with van der Waals surface area (Å²) in [5, 5.41) is 8.52. The third-order valence-electron chi connectivity index (χ3n) is 3.65. The van der Waals surface area contributed by atoms with E-state index in [9.17, 15) is 21.6 Å². The molecule has 0 bridgehead atoms. The molecule has 10 heteroatoms. The van der Waals surface area contributed by atoms with Crippen LogP contribution in [0, 0.1) is 0 Å². The van der Waals surface area contributed by atoms with Gasteiger partial charge in [-0.3, -0.25) is 4.79 Å². The molecule has 0 saturated carbocycles. The minimum Gasteiger partial charge on any atom is -0.481 e. The molecule has 1 aliphatic rings. The number of rotatable bonds is 7. The first-order chi connectivity index (χ1) is 9.54. The molecule has 0 aromatic rings. The first-order valence-electron chi connectivity index (χ1n) is 6.66. The van der Waals surface area contributed by atoms with E-state index in [0.29, 0.717) is 12.8 Å². The van der Waals surface area contributed by atoms with Crippen LogP contribution < -0.4 is 0 Å². The zero-order chi connectivity index (χ0) is 16.3. The van der Waals surface area contributed by atoms with Crippen LogP contribution in [0.5, 0.6) is 0 Å². The van der Waals surface area contributed by atoms with E-state index in [4.69, 9.17) is 5.11 Å². The van der Waals surface area contributed by atoms with Crippen molar-refractivity contribution < 1.29 is 26.7 Å². The van der Waals surface area contributed by atoms with Gasteiger partial charge in [-0.2, -0.15) is 0 Å². The molecular formula is C11H22N2O6S2. The average Bonchev–Trinajstić information content (AvgIpc) is 2.36. The second-order valence-electron chi connectivity index (χ2n) is 5.22. The number of carboxylic acid groups (broad SMARTS) is 1. The average molecular weight is 342 g/mol. The minimum atomic E-state index is -3.46. The van der Waals surface area contributed by atoms with E-state index in [0.717, 1.165) is 6.26 Å². The van der Waals surface area contributed by atoms with Crippen molar-refractivity contribution in [2.75, 3.05) is 32.1 Å². The highest BCUT2D eigenvalue weighted by Gasteiger charge is 2.31. The zero-order valence-corrected chi connectivity index (χ0v) is 13.9. The molecule has 0 aromatic carbocycles. The lowest BCUT2D eigenvalue weighted by Gasteiger charge is -2.34. The Labute approximate surface area is 125 Å². The van der Waals surface area contributed by atoms with Gasteiger partial charge in [-0.25, -0.2) is 25.4 Å². The van der Waals surface area contributed by atoms with Gasteiger partial charge in [0.05, 0.1) is 12.0 Å². The second kappa shape index (κ2) is 7.03. The Bertz CT molecular complexity index is 564. The molecule has 1 saturated heterocycles. The van der Waals surface area contributed by atoms with Crippen molar-refractivity contribution in [2.45, 2.75) is 31.7 Å². The molecule has 0 spiro atoms. The molecule has 1 N–H and O–H groups in total. The molecule has 0 unspecified atom stereocenters. The van der Waals surface area contributed by atoms with Crippen LogP contribution in [0.1, 0.15) is 25.7 Å². The number of hydrogen-bond acceptors (Lipinski definition) is 5. The Morgan fingerprint density at radius 1 is 1.24 bits per heavy atom. The third kappa shape index (κ3) is 5.53. The van der Waals surface area contributed by atoms with Crippen LogP contribution in [0.15, 0.2) is 0 Å². The van der Waals surface area contributed by atoms with Gasteiger partial charge >= 0.3 is 5.97 Å². The Morgan fingerprint density at radius 2 is 1.76 bits per heavy atom. The molecule has 124 valence electrons. The van der Waals surface area contributed by atoms with Crippen molar-refractivity contribution in [1.29, 1.82) is 0 Å². The summed E-state index contributed by atoms with van der Waals surface area (Å²) in [5.74, 6) is -1.20.